The zero-order valence-electron chi connectivity index (χ0n) is 25.3. The lowest BCUT2D eigenvalue weighted by Crippen LogP contribution is -2.32. The first kappa shape index (κ1) is 29.8. The summed E-state index contributed by atoms with van der Waals surface area (Å²) < 4.78 is 34.3. The molecule has 6 aromatic rings. The number of nitrogens with one attached hydrogen (secondary N) is 2. The molecule has 4 N–H and O–H groups in total. The van der Waals surface area contributed by atoms with Gasteiger partial charge in [-0.15, -0.1) is 0 Å². The second kappa shape index (κ2) is 11.8. The van der Waals surface area contributed by atoms with Crippen molar-refractivity contribution in [3.05, 3.63) is 101 Å². The topological polar surface area (TPSA) is 175 Å². The monoisotopic (exact) mass is 639 g/mol. The van der Waals surface area contributed by atoms with E-state index in [4.69, 9.17) is 15.0 Å². The standard InChI is InChI=1S/C32H33N9O4S/c1-19-9-13-40-27(19)32(42)41(23-6-4-3-5-7-23)31(39-40)20(2)38-30-26-24(17-35-29(26)36-18-37-30)22-8-12-34-25(16-22)28(46(33,43)44)21-10-14-45-15-11-21/h3-9,12-13,16-18,20-21,28H,10-11,14-15H2,1-2H3,(H2,33,43,44)(H2,35,36,37,38). The zero-order chi connectivity index (χ0) is 32.0. The Morgan fingerprint density at radius 3 is 2.63 bits per heavy atom. The Hall–Kier alpha value is -4.92. The number of benzene rings is 1. The number of para-hydroxylation sites is 1. The number of pyridine rings is 1. The third-order valence-electron chi connectivity index (χ3n) is 8.57. The summed E-state index contributed by atoms with van der Waals surface area (Å²) in [5, 5.41) is 13.8. The molecule has 7 rings (SSSR count). The normalized spacial score (nSPS) is 15.7. The van der Waals surface area contributed by atoms with E-state index in [1.54, 1.807) is 27.5 Å². The number of H-pyrrole nitrogens is 1. The molecule has 46 heavy (non-hydrogen) atoms. The van der Waals surface area contributed by atoms with Gasteiger partial charge >= 0.3 is 0 Å². The van der Waals surface area contributed by atoms with E-state index < -0.39 is 21.3 Å². The molecule has 5 aromatic heterocycles. The third kappa shape index (κ3) is 5.33. The quantitative estimate of drug-likeness (QED) is 0.222. The first-order valence-electron chi connectivity index (χ1n) is 15.0. The van der Waals surface area contributed by atoms with Crippen molar-refractivity contribution in [2.24, 2.45) is 11.1 Å². The van der Waals surface area contributed by atoms with Crippen LogP contribution < -0.4 is 16.0 Å². The van der Waals surface area contributed by atoms with Crippen LogP contribution in [0, 0.1) is 12.8 Å². The number of sulfonamides is 1. The van der Waals surface area contributed by atoms with Crippen LogP contribution in [0.15, 0.2) is 78.2 Å². The number of hydrogen-bond donors (Lipinski definition) is 3. The van der Waals surface area contributed by atoms with E-state index in [0.29, 0.717) is 65.6 Å². The van der Waals surface area contributed by atoms with Crippen LogP contribution in [-0.4, -0.2) is 55.7 Å². The summed E-state index contributed by atoms with van der Waals surface area (Å²) in [4.78, 5) is 30.5. The summed E-state index contributed by atoms with van der Waals surface area (Å²) in [6.45, 7) is 4.76. The maximum atomic E-state index is 13.8. The lowest BCUT2D eigenvalue weighted by atomic mass is 9.93. The molecule has 0 radical (unpaired) electrons. The summed E-state index contributed by atoms with van der Waals surface area (Å²) >= 11 is 0. The van der Waals surface area contributed by atoms with Gasteiger partial charge in [-0.25, -0.2) is 28.0 Å². The smallest absolute Gasteiger partial charge is 0.282 e. The SMILES string of the molecule is Cc1ccn2nc(C(C)Nc3ncnc4[nH]cc(-c5ccnc(C(C6CCOCC6)S(N)(=O)=O)c5)c34)n(-c3ccccc3)c(=O)c12. The van der Waals surface area contributed by atoms with Crippen molar-refractivity contribution in [3.8, 4) is 16.8 Å². The second-order valence-corrected chi connectivity index (χ2v) is 13.3. The van der Waals surface area contributed by atoms with Crippen LogP contribution in [0.3, 0.4) is 0 Å². The molecule has 0 amide bonds. The Bertz CT molecular complexity index is 2220. The van der Waals surface area contributed by atoms with Gasteiger partial charge in [0.05, 0.1) is 22.8 Å². The van der Waals surface area contributed by atoms with E-state index in [0.717, 1.165) is 16.7 Å². The molecule has 1 saturated heterocycles. The van der Waals surface area contributed by atoms with Gasteiger partial charge in [-0.05, 0) is 74.1 Å². The number of primary sulfonamides is 1. The summed E-state index contributed by atoms with van der Waals surface area (Å²) in [6.07, 6.45) is 7.79. The third-order valence-corrected chi connectivity index (χ3v) is 9.90. The Balaban J connectivity index is 1.31. The van der Waals surface area contributed by atoms with Crippen molar-refractivity contribution in [2.45, 2.75) is 38.0 Å². The summed E-state index contributed by atoms with van der Waals surface area (Å²) in [5.41, 5.74) is 4.29. The molecule has 1 aromatic carbocycles. The highest BCUT2D eigenvalue weighted by atomic mass is 32.2. The number of nitrogens with zero attached hydrogens (tertiary/aromatic N) is 6. The Morgan fingerprint density at radius 1 is 1.09 bits per heavy atom. The van der Waals surface area contributed by atoms with Gasteiger partial charge in [-0.2, -0.15) is 5.10 Å². The maximum absolute atomic E-state index is 13.8. The van der Waals surface area contributed by atoms with Gasteiger partial charge in [0.2, 0.25) is 10.0 Å². The first-order chi connectivity index (χ1) is 22.2. The molecule has 0 aliphatic carbocycles. The molecule has 1 aliphatic rings. The van der Waals surface area contributed by atoms with Crippen molar-refractivity contribution in [2.75, 3.05) is 18.5 Å². The second-order valence-electron chi connectivity index (χ2n) is 11.6. The lowest BCUT2D eigenvalue weighted by molar-refractivity contribution is 0.0646. The first-order valence-corrected chi connectivity index (χ1v) is 16.6. The average molecular weight is 640 g/mol. The molecule has 1 fully saturated rings. The van der Waals surface area contributed by atoms with E-state index in [-0.39, 0.29) is 11.5 Å². The number of fused-ring (bicyclic) bond motifs is 2. The number of aromatic amines is 1. The van der Waals surface area contributed by atoms with Gasteiger partial charge in [-0.1, -0.05) is 18.2 Å². The number of hydrogen-bond acceptors (Lipinski definition) is 9. The zero-order valence-corrected chi connectivity index (χ0v) is 26.1. The fraction of sp³-hybridized carbons (Fsp3) is 0.281. The molecule has 2 unspecified atom stereocenters. The summed E-state index contributed by atoms with van der Waals surface area (Å²) in [6, 6.07) is 14.4. The minimum atomic E-state index is -3.94. The summed E-state index contributed by atoms with van der Waals surface area (Å²) in [7, 11) is -3.94. The van der Waals surface area contributed by atoms with Crippen molar-refractivity contribution < 1.29 is 13.2 Å². The fourth-order valence-electron chi connectivity index (χ4n) is 6.38. The van der Waals surface area contributed by atoms with E-state index in [9.17, 15) is 13.2 Å². The predicted molar refractivity (Wildman–Crippen MR) is 174 cm³/mol. The minimum absolute atomic E-state index is 0.180. The number of ether oxygens (including phenoxy) is 1. The lowest BCUT2D eigenvalue weighted by Gasteiger charge is -2.28. The van der Waals surface area contributed by atoms with E-state index in [2.05, 4.69) is 25.3 Å². The van der Waals surface area contributed by atoms with E-state index in [1.165, 1.54) is 6.33 Å². The Kier molecular flexibility index (Phi) is 7.63. The Labute approximate surface area is 264 Å². The van der Waals surface area contributed by atoms with Gasteiger partial charge in [0.1, 0.15) is 28.6 Å². The number of anilines is 1. The molecule has 0 spiro atoms. The molecule has 14 heteroatoms. The highest BCUT2D eigenvalue weighted by Gasteiger charge is 2.35. The van der Waals surface area contributed by atoms with Gasteiger partial charge in [0.15, 0.2) is 5.82 Å². The van der Waals surface area contributed by atoms with Crippen LogP contribution in [-0.2, 0) is 14.8 Å². The maximum Gasteiger partial charge on any atom is 0.282 e. The molecule has 13 nitrogen and oxygen atoms in total. The van der Waals surface area contributed by atoms with Crippen LogP contribution in [0.25, 0.3) is 33.4 Å². The van der Waals surface area contributed by atoms with Gasteiger partial charge in [0, 0.05) is 37.4 Å². The van der Waals surface area contributed by atoms with Gasteiger partial charge in [-0.3, -0.25) is 14.3 Å². The van der Waals surface area contributed by atoms with Crippen molar-refractivity contribution in [1.29, 1.82) is 0 Å². The van der Waals surface area contributed by atoms with Crippen molar-refractivity contribution in [1.82, 2.24) is 34.1 Å². The molecule has 0 bridgehead atoms. The highest BCUT2D eigenvalue weighted by molar-refractivity contribution is 7.89. The van der Waals surface area contributed by atoms with Crippen LogP contribution in [0.4, 0.5) is 5.82 Å². The fourth-order valence-corrected chi connectivity index (χ4v) is 7.65. The molecule has 0 saturated carbocycles. The largest absolute Gasteiger partial charge is 0.381 e. The average Bonchev–Trinajstić information content (AvgIpc) is 3.66. The van der Waals surface area contributed by atoms with Crippen LogP contribution in [0.1, 0.15) is 48.1 Å². The minimum Gasteiger partial charge on any atom is -0.381 e. The molecular weight excluding hydrogens is 606 g/mol. The highest BCUT2D eigenvalue weighted by Crippen LogP contribution is 2.38. The number of rotatable bonds is 8. The number of aromatic nitrogens is 7. The Morgan fingerprint density at radius 2 is 1.87 bits per heavy atom. The van der Waals surface area contributed by atoms with E-state index in [1.807, 2.05) is 62.5 Å². The van der Waals surface area contributed by atoms with Crippen molar-refractivity contribution >= 4 is 32.4 Å². The van der Waals surface area contributed by atoms with Crippen LogP contribution in [0.5, 0.6) is 0 Å². The number of aryl methyl sites for hydroxylation is 1. The summed E-state index contributed by atoms with van der Waals surface area (Å²) in [5.74, 6) is 0.797. The van der Waals surface area contributed by atoms with Crippen LogP contribution >= 0.6 is 0 Å². The van der Waals surface area contributed by atoms with Gasteiger partial charge in [0.25, 0.3) is 5.56 Å². The van der Waals surface area contributed by atoms with Gasteiger partial charge < -0.3 is 15.0 Å². The molecule has 1 aliphatic heterocycles. The molecule has 2 atom stereocenters. The molecule has 6 heterocycles. The van der Waals surface area contributed by atoms with E-state index >= 15 is 0 Å². The number of nitrogens with two attached hydrogens (primary N) is 1. The molecule has 236 valence electrons. The van der Waals surface area contributed by atoms with Crippen LogP contribution in [0.2, 0.25) is 0 Å². The molecular formula is C32H33N9O4S. The predicted octanol–water partition coefficient (Wildman–Crippen LogP) is 4.06. The van der Waals surface area contributed by atoms with Crippen molar-refractivity contribution in [3.63, 3.8) is 0 Å².